The van der Waals surface area contributed by atoms with Crippen molar-refractivity contribution in [2.75, 3.05) is 0 Å². The fraction of sp³-hybridized carbons (Fsp3) is 0.308. The van der Waals surface area contributed by atoms with Crippen LogP contribution in [-0.2, 0) is 13.5 Å². The lowest BCUT2D eigenvalue weighted by atomic mass is 10.0. The molecular weight excluding hydrogens is 212 g/mol. The predicted molar refractivity (Wildman–Crippen MR) is 68.0 cm³/mol. The number of aryl methyl sites for hydroxylation is 2. The van der Waals surface area contributed by atoms with Crippen LogP contribution in [0.3, 0.4) is 0 Å². The molecule has 0 saturated carbocycles. The molecule has 0 radical (unpaired) electrons. The maximum atomic E-state index is 5.60. The Hall–Kier alpha value is -1.65. The summed E-state index contributed by atoms with van der Waals surface area (Å²) in [7, 11) is 1.93. The number of hydrogen-bond acceptors (Lipinski definition) is 3. The van der Waals surface area contributed by atoms with Gasteiger partial charge in [-0.3, -0.25) is 16.0 Å². The summed E-state index contributed by atoms with van der Waals surface area (Å²) in [5, 5.41) is 4.16. The number of hydrazine groups is 1. The third kappa shape index (κ3) is 3.15. The molecule has 1 unspecified atom stereocenters. The molecule has 0 spiro atoms. The molecule has 2 aromatic rings. The van der Waals surface area contributed by atoms with E-state index < -0.39 is 0 Å². The molecule has 0 aliphatic rings. The van der Waals surface area contributed by atoms with E-state index >= 15 is 0 Å². The number of nitrogens with two attached hydrogens (primary N) is 1. The second kappa shape index (κ2) is 5.61. The monoisotopic (exact) mass is 230 g/mol. The van der Waals surface area contributed by atoms with Gasteiger partial charge >= 0.3 is 0 Å². The van der Waals surface area contributed by atoms with Crippen LogP contribution in [0.15, 0.2) is 42.7 Å². The van der Waals surface area contributed by atoms with Gasteiger partial charge in [0.05, 0.1) is 6.20 Å². The molecule has 0 amide bonds. The zero-order valence-corrected chi connectivity index (χ0v) is 10.0. The third-order valence-corrected chi connectivity index (χ3v) is 2.88. The number of benzene rings is 1. The van der Waals surface area contributed by atoms with Crippen molar-refractivity contribution in [2.45, 2.75) is 18.9 Å². The Bertz CT molecular complexity index is 449. The molecule has 4 heteroatoms. The quantitative estimate of drug-likeness (QED) is 0.605. The topological polar surface area (TPSA) is 55.9 Å². The summed E-state index contributed by atoms with van der Waals surface area (Å²) < 4.78 is 1.82. The van der Waals surface area contributed by atoms with Gasteiger partial charge in [-0.05, 0) is 24.0 Å². The van der Waals surface area contributed by atoms with E-state index in [1.807, 2.05) is 42.3 Å². The maximum absolute atomic E-state index is 5.60. The summed E-state index contributed by atoms with van der Waals surface area (Å²) in [6.45, 7) is 0. The van der Waals surface area contributed by atoms with E-state index in [1.165, 1.54) is 11.1 Å². The van der Waals surface area contributed by atoms with Gasteiger partial charge in [-0.1, -0.05) is 30.3 Å². The Balaban J connectivity index is 1.97. The summed E-state index contributed by atoms with van der Waals surface area (Å²) >= 11 is 0. The molecule has 0 aliphatic heterocycles. The molecule has 4 nitrogen and oxygen atoms in total. The van der Waals surface area contributed by atoms with E-state index in [4.69, 9.17) is 5.84 Å². The highest BCUT2D eigenvalue weighted by Gasteiger charge is 2.09. The van der Waals surface area contributed by atoms with Crippen LogP contribution in [0, 0.1) is 0 Å². The highest BCUT2D eigenvalue weighted by Crippen LogP contribution is 2.17. The Labute approximate surface area is 101 Å². The van der Waals surface area contributed by atoms with Gasteiger partial charge in [0.2, 0.25) is 0 Å². The first kappa shape index (κ1) is 11.8. The lowest BCUT2D eigenvalue weighted by Gasteiger charge is -2.15. The van der Waals surface area contributed by atoms with Crippen molar-refractivity contribution in [1.29, 1.82) is 0 Å². The summed E-state index contributed by atoms with van der Waals surface area (Å²) in [6.07, 6.45) is 5.88. The smallest absolute Gasteiger partial charge is 0.0521 e. The normalized spacial score (nSPS) is 12.6. The largest absolute Gasteiger partial charge is 0.276 e. The first-order chi connectivity index (χ1) is 8.29. The number of hydrogen-bond donors (Lipinski definition) is 2. The van der Waals surface area contributed by atoms with E-state index in [1.54, 1.807) is 0 Å². The molecule has 3 N–H and O–H groups in total. The minimum absolute atomic E-state index is 0.191. The lowest BCUT2D eigenvalue weighted by Crippen LogP contribution is -2.28. The van der Waals surface area contributed by atoms with E-state index in [0.29, 0.717) is 0 Å². The molecule has 90 valence electrons. The first-order valence-corrected chi connectivity index (χ1v) is 5.78. The zero-order chi connectivity index (χ0) is 12.1. The van der Waals surface area contributed by atoms with Gasteiger partial charge < -0.3 is 0 Å². The van der Waals surface area contributed by atoms with Crippen molar-refractivity contribution in [1.82, 2.24) is 15.2 Å². The highest BCUT2D eigenvalue weighted by molar-refractivity contribution is 5.19. The van der Waals surface area contributed by atoms with Gasteiger partial charge in [0.15, 0.2) is 0 Å². The number of rotatable bonds is 5. The van der Waals surface area contributed by atoms with Crippen molar-refractivity contribution < 1.29 is 0 Å². The Morgan fingerprint density at radius 2 is 2.12 bits per heavy atom. The number of aromatic nitrogens is 2. The highest BCUT2D eigenvalue weighted by atomic mass is 15.2. The van der Waals surface area contributed by atoms with Crippen molar-refractivity contribution in [3.05, 3.63) is 53.9 Å². The van der Waals surface area contributed by atoms with Crippen LogP contribution in [0.25, 0.3) is 0 Å². The summed E-state index contributed by atoms with van der Waals surface area (Å²) in [4.78, 5) is 0. The van der Waals surface area contributed by atoms with Gasteiger partial charge in [-0.2, -0.15) is 5.10 Å². The van der Waals surface area contributed by atoms with Gasteiger partial charge in [-0.15, -0.1) is 0 Å². The van der Waals surface area contributed by atoms with Crippen LogP contribution in [0.4, 0.5) is 0 Å². The minimum atomic E-state index is 0.191. The molecular formula is C13H18N4. The zero-order valence-electron chi connectivity index (χ0n) is 10.0. The molecule has 1 atom stereocenters. The van der Waals surface area contributed by atoms with Crippen molar-refractivity contribution in [3.63, 3.8) is 0 Å². The van der Waals surface area contributed by atoms with Gasteiger partial charge in [0.1, 0.15) is 0 Å². The molecule has 1 heterocycles. The first-order valence-electron chi connectivity index (χ1n) is 5.78. The van der Waals surface area contributed by atoms with E-state index in [9.17, 15) is 0 Å². The molecule has 0 aliphatic carbocycles. The predicted octanol–water partition coefficient (Wildman–Crippen LogP) is 1.56. The standard InChI is InChI=1S/C13H18N4/c1-17-10-11(9-15-17)7-8-13(16-14)12-5-3-2-4-6-12/h2-6,9-10,13,16H,7-8,14H2,1H3. The molecule has 1 aromatic heterocycles. The lowest BCUT2D eigenvalue weighted by molar-refractivity contribution is 0.516. The fourth-order valence-electron chi connectivity index (χ4n) is 1.94. The third-order valence-electron chi connectivity index (χ3n) is 2.88. The second-order valence-corrected chi connectivity index (χ2v) is 4.19. The van der Waals surface area contributed by atoms with Crippen molar-refractivity contribution in [3.8, 4) is 0 Å². The maximum Gasteiger partial charge on any atom is 0.0521 e. The average molecular weight is 230 g/mol. The van der Waals surface area contributed by atoms with Gasteiger partial charge in [0, 0.05) is 19.3 Å². The molecule has 1 aromatic carbocycles. The Kier molecular flexibility index (Phi) is 3.90. The molecule has 0 bridgehead atoms. The van der Waals surface area contributed by atoms with Crippen LogP contribution >= 0.6 is 0 Å². The summed E-state index contributed by atoms with van der Waals surface area (Å²) in [6, 6.07) is 10.4. The molecule has 0 fully saturated rings. The second-order valence-electron chi connectivity index (χ2n) is 4.19. The van der Waals surface area contributed by atoms with Gasteiger partial charge in [0.25, 0.3) is 0 Å². The fourth-order valence-corrected chi connectivity index (χ4v) is 1.94. The number of nitrogens with one attached hydrogen (secondary N) is 1. The molecule has 2 rings (SSSR count). The summed E-state index contributed by atoms with van der Waals surface area (Å²) in [5.41, 5.74) is 5.33. The van der Waals surface area contributed by atoms with Gasteiger partial charge in [-0.25, -0.2) is 0 Å². The van der Waals surface area contributed by atoms with Crippen LogP contribution < -0.4 is 11.3 Å². The Morgan fingerprint density at radius 1 is 1.35 bits per heavy atom. The minimum Gasteiger partial charge on any atom is -0.276 e. The van der Waals surface area contributed by atoms with Crippen LogP contribution in [0.2, 0.25) is 0 Å². The SMILES string of the molecule is Cn1cc(CCC(NN)c2ccccc2)cn1. The molecule has 17 heavy (non-hydrogen) atoms. The van der Waals surface area contributed by atoms with Crippen molar-refractivity contribution >= 4 is 0 Å². The van der Waals surface area contributed by atoms with E-state index in [2.05, 4.69) is 22.7 Å². The van der Waals surface area contributed by atoms with Crippen LogP contribution in [0.1, 0.15) is 23.6 Å². The summed E-state index contributed by atoms with van der Waals surface area (Å²) in [5.74, 6) is 5.60. The van der Waals surface area contributed by atoms with Crippen LogP contribution in [0.5, 0.6) is 0 Å². The number of nitrogens with zero attached hydrogens (tertiary/aromatic N) is 2. The molecule has 0 saturated heterocycles. The average Bonchev–Trinajstić information content (AvgIpc) is 2.77. The van der Waals surface area contributed by atoms with E-state index in [-0.39, 0.29) is 6.04 Å². The Morgan fingerprint density at radius 3 is 2.71 bits per heavy atom. The van der Waals surface area contributed by atoms with Crippen molar-refractivity contribution in [2.24, 2.45) is 12.9 Å². The van der Waals surface area contributed by atoms with E-state index in [0.717, 1.165) is 12.8 Å². The van der Waals surface area contributed by atoms with Crippen LogP contribution in [-0.4, -0.2) is 9.78 Å².